The number of nitrogens with one attached hydrogen (secondary N) is 1. The van der Waals surface area contributed by atoms with Gasteiger partial charge in [-0.2, -0.15) is 5.10 Å². The second kappa shape index (κ2) is 8.63. The van der Waals surface area contributed by atoms with Crippen LogP contribution in [-0.2, 0) is 4.79 Å². The second-order valence-corrected chi connectivity index (χ2v) is 7.81. The van der Waals surface area contributed by atoms with Crippen molar-refractivity contribution in [1.82, 2.24) is 10.2 Å². The number of hydrogen-bond donors (Lipinski definition) is 2. The number of rotatable bonds is 6. The Kier molecular flexibility index (Phi) is 5.37. The van der Waals surface area contributed by atoms with Crippen LogP contribution >= 0.6 is 0 Å². The van der Waals surface area contributed by atoms with Crippen LogP contribution < -0.4 is 0 Å². The van der Waals surface area contributed by atoms with Gasteiger partial charge in [0.05, 0.1) is 18.0 Å². The molecule has 0 radical (unpaired) electrons. The van der Waals surface area contributed by atoms with Gasteiger partial charge in [-0.15, -0.1) is 0 Å². The Labute approximate surface area is 190 Å². The lowest BCUT2D eigenvalue weighted by atomic mass is 9.86. The number of aromatic amines is 1. The Bertz CT molecular complexity index is 1520. The van der Waals surface area contributed by atoms with Crippen LogP contribution in [0.4, 0.5) is 0 Å². The number of nitrogens with zero attached hydrogens (tertiary/aromatic N) is 1. The van der Waals surface area contributed by atoms with Crippen LogP contribution in [0.3, 0.4) is 0 Å². The van der Waals surface area contributed by atoms with Crippen molar-refractivity contribution in [2.45, 2.75) is 13.3 Å². The molecule has 0 unspecified atom stereocenters. The number of benzene rings is 3. The zero-order chi connectivity index (χ0) is 22.8. The van der Waals surface area contributed by atoms with Crippen LogP contribution in [-0.4, -0.2) is 21.3 Å². The number of aromatic nitrogens is 2. The van der Waals surface area contributed by atoms with E-state index in [1.807, 2.05) is 54.7 Å². The van der Waals surface area contributed by atoms with Gasteiger partial charge in [-0.1, -0.05) is 49.4 Å². The summed E-state index contributed by atoms with van der Waals surface area (Å²) in [5, 5.41) is 18.2. The van der Waals surface area contributed by atoms with E-state index in [1.165, 1.54) is 5.57 Å². The molecule has 5 heteroatoms. The third-order valence-electron chi connectivity index (χ3n) is 5.82. The fourth-order valence-corrected chi connectivity index (χ4v) is 4.30. The molecular weight excluding hydrogens is 412 g/mol. The van der Waals surface area contributed by atoms with Crippen LogP contribution in [0.15, 0.2) is 89.7 Å². The summed E-state index contributed by atoms with van der Waals surface area (Å²) in [4.78, 5) is 10.9. The molecule has 3 aromatic carbocycles. The molecule has 2 N–H and O–H groups in total. The highest BCUT2D eigenvalue weighted by molar-refractivity contribution is 6.05. The standard InChI is InChI=1S/C28H22N2O3/c1-2-22(23-4-3-5-26-24(23)14-15-33-26)28(20-11-12-25-21(16-20)17-29-30-25)19-9-6-18(7-10-19)8-13-27(31)32/h3-17H,2H2,1H3,(H,29,30)(H,31,32)/b13-8+,28-22+. The number of hydrogen-bond acceptors (Lipinski definition) is 3. The molecule has 33 heavy (non-hydrogen) atoms. The van der Waals surface area contributed by atoms with Gasteiger partial charge in [0.25, 0.3) is 0 Å². The summed E-state index contributed by atoms with van der Waals surface area (Å²) in [6, 6.07) is 22.4. The highest BCUT2D eigenvalue weighted by atomic mass is 16.4. The molecule has 0 atom stereocenters. The van der Waals surface area contributed by atoms with Gasteiger partial charge in [0, 0.05) is 16.8 Å². The molecule has 2 aromatic heterocycles. The number of carbonyl (C=O) groups is 1. The van der Waals surface area contributed by atoms with Gasteiger partial charge in [-0.05, 0) is 70.2 Å². The van der Waals surface area contributed by atoms with Crippen LogP contribution in [0.2, 0.25) is 0 Å². The van der Waals surface area contributed by atoms with Crippen LogP contribution in [0.5, 0.6) is 0 Å². The predicted octanol–water partition coefficient (Wildman–Crippen LogP) is 6.78. The maximum Gasteiger partial charge on any atom is 0.328 e. The summed E-state index contributed by atoms with van der Waals surface area (Å²) in [6.07, 6.45) is 7.13. The minimum atomic E-state index is -0.963. The predicted molar refractivity (Wildman–Crippen MR) is 132 cm³/mol. The van der Waals surface area contributed by atoms with E-state index in [9.17, 15) is 4.79 Å². The van der Waals surface area contributed by atoms with Crippen LogP contribution in [0.25, 0.3) is 39.1 Å². The summed E-state index contributed by atoms with van der Waals surface area (Å²) < 4.78 is 5.66. The fraction of sp³-hybridized carbons (Fsp3) is 0.0714. The van der Waals surface area contributed by atoms with Crippen molar-refractivity contribution in [1.29, 1.82) is 0 Å². The van der Waals surface area contributed by atoms with Crippen molar-refractivity contribution in [3.8, 4) is 0 Å². The number of carboxylic acid groups (broad SMARTS) is 1. The number of carboxylic acids is 1. The lowest BCUT2D eigenvalue weighted by Gasteiger charge is -2.17. The average Bonchev–Trinajstić information content (AvgIpc) is 3.50. The van der Waals surface area contributed by atoms with E-state index < -0.39 is 5.97 Å². The highest BCUT2D eigenvalue weighted by Crippen LogP contribution is 2.38. The topological polar surface area (TPSA) is 79.1 Å². The summed E-state index contributed by atoms with van der Waals surface area (Å²) in [5.41, 5.74) is 8.31. The number of furan rings is 1. The SMILES string of the molecule is CC/C(=C(/c1ccc(/C=C/C(=O)O)cc1)c1ccc2[nH]ncc2c1)c1cccc2occc12. The van der Waals surface area contributed by atoms with Gasteiger partial charge in [-0.3, -0.25) is 5.10 Å². The molecule has 2 heterocycles. The molecule has 0 aliphatic heterocycles. The Morgan fingerprint density at radius 3 is 2.67 bits per heavy atom. The lowest BCUT2D eigenvalue weighted by molar-refractivity contribution is -0.131. The van der Waals surface area contributed by atoms with Gasteiger partial charge in [0.15, 0.2) is 0 Å². The van der Waals surface area contributed by atoms with Gasteiger partial charge in [-0.25, -0.2) is 4.79 Å². The first kappa shape index (κ1) is 20.5. The summed E-state index contributed by atoms with van der Waals surface area (Å²) in [5.74, 6) is -0.963. The average molecular weight is 434 g/mol. The number of allylic oxidation sites excluding steroid dienone is 1. The molecule has 162 valence electrons. The molecule has 0 spiro atoms. The van der Waals surface area contributed by atoms with E-state index in [0.717, 1.165) is 62.2 Å². The Morgan fingerprint density at radius 2 is 1.88 bits per heavy atom. The molecule has 0 bridgehead atoms. The Balaban J connectivity index is 1.74. The van der Waals surface area contributed by atoms with E-state index in [0.29, 0.717) is 0 Å². The summed E-state index contributed by atoms with van der Waals surface area (Å²) in [6.45, 7) is 2.16. The van der Waals surface area contributed by atoms with Crippen molar-refractivity contribution >= 4 is 45.1 Å². The molecule has 5 nitrogen and oxygen atoms in total. The fourth-order valence-electron chi connectivity index (χ4n) is 4.30. The third-order valence-corrected chi connectivity index (χ3v) is 5.82. The van der Waals surface area contributed by atoms with Gasteiger partial charge in [0.1, 0.15) is 5.58 Å². The normalized spacial score (nSPS) is 12.5. The van der Waals surface area contributed by atoms with E-state index in [-0.39, 0.29) is 0 Å². The Morgan fingerprint density at radius 1 is 1.06 bits per heavy atom. The molecule has 0 saturated carbocycles. The zero-order valence-electron chi connectivity index (χ0n) is 18.1. The maximum absolute atomic E-state index is 10.9. The third kappa shape index (κ3) is 3.96. The molecule has 0 fully saturated rings. The van der Waals surface area contributed by atoms with Crippen molar-refractivity contribution in [3.05, 3.63) is 108 Å². The summed E-state index contributed by atoms with van der Waals surface area (Å²) in [7, 11) is 0. The first-order valence-corrected chi connectivity index (χ1v) is 10.8. The first-order valence-electron chi connectivity index (χ1n) is 10.8. The summed E-state index contributed by atoms with van der Waals surface area (Å²) >= 11 is 0. The molecule has 0 aliphatic rings. The van der Waals surface area contributed by atoms with Crippen molar-refractivity contribution in [2.75, 3.05) is 0 Å². The quantitative estimate of drug-likeness (QED) is 0.228. The molecule has 0 saturated heterocycles. The minimum absolute atomic E-state index is 0.823. The molecular formula is C28H22N2O3. The van der Waals surface area contributed by atoms with E-state index >= 15 is 0 Å². The number of fused-ring (bicyclic) bond motifs is 2. The molecule has 0 aliphatic carbocycles. The lowest BCUT2D eigenvalue weighted by Crippen LogP contribution is -1.96. The number of aliphatic carboxylic acids is 1. The molecule has 0 amide bonds. The first-order chi connectivity index (χ1) is 16.1. The van der Waals surface area contributed by atoms with Crippen LogP contribution in [0.1, 0.15) is 35.6 Å². The minimum Gasteiger partial charge on any atom is -0.478 e. The second-order valence-electron chi connectivity index (χ2n) is 7.81. The monoisotopic (exact) mass is 434 g/mol. The molecule has 5 aromatic rings. The van der Waals surface area contributed by atoms with Gasteiger partial charge >= 0.3 is 5.97 Å². The van der Waals surface area contributed by atoms with E-state index in [1.54, 1.807) is 12.3 Å². The largest absolute Gasteiger partial charge is 0.478 e. The van der Waals surface area contributed by atoms with Gasteiger partial charge in [0.2, 0.25) is 0 Å². The van der Waals surface area contributed by atoms with Crippen molar-refractivity contribution < 1.29 is 14.3 Å². The van der Waals surface area contributed by atoms with Crippen molar-refractivity contribution in [3.63, 3.8) is 0 Å². The maximum atomic E-state index is 10.9. The Hall–Kier alpha value is -4.38. The van der Waals surface area contributed by atoms with Crippen LogP contribution in [0, 0.1) is 0 Å². The van der Waals surface area contributed by atoms with E-state index in [4.69, 9.17) is 9.52 Å². The van der Waals surface area contributed by atoms with E-state index in [2.05, 4.69) is 35.3 Å². The zero-order valence-corrected chi connectivity index (χ0v) is 18.1. The van der Waals surface area contributed by atoms with Gasteiger partial charge < -0.3 is 9.52 Å². The van der Waals surface area contributed by atoms with Crippen molar-refractivity contribution in [2.24, 2.45) is 0 Å². The smallest absolute Gasteiger partial charge is 0.328 e. The molecule has 5 rings (SSSR count). The highest BCUT2D eigenvalue weighted by Gasteiger charge is 2.16. The number of H-pyrrole nitrogens is 1.